The van der Waals surface area contributed by atoms with Gasteiger partial charge in [-0.2, -0.15) is 0 Å². The van der Waals surface area contributed by atoms with Crippen molar-refractivity contribution in [1.29, 1.82) is 0 Å². The minimum absolute atomic E-state index is 0.181. The lowest BCUT2D eigenvalue weighted by molar-refractivity contribution is -0.136. The Hall–Kier alpha value is -2.62. The molecule has 0 aliphatic carbocycles. The van der Waals surface area contributed by atoms with E-state index in [-0.39, 0.29) is 12.5 Å². The number of carbonyl (C=O) groups is 2. The van der Waals surface area contributed by atoms with E-state index in [1.54, 1.807) is 6.07 Å². The maximum absolute atomic E-state index is 12.6. The second-order valence-corrected chi connectivity index (χ2v) is 4.72. The molecule has 100 valence electrons. The quantitative estimate of drug-likeness (QED) is 0.928. The van der Waals surface area contributed by atoms with Crippen LogP contribution >= 0.6 is 0 Å². The Balaban J connectivity index is 2.09. The van der Waals surface area contributed by atoms with Gasteiger partial charge in [-0.15, -0.1) is 0 Å². The Labute approximate surface area is 116 Å². The number of aliphatic carboxylic acids is 1. The molecule has 1 atom stereocenters. The maximum atomic E-state index is 12.6. The molecule has 0 bridgehead atoms. The molecule has 1 unspecified atom stereocenters. The largest absolute Gasteiger partial charge is 0.480 e. The van der Waals surface area contributed by atoms with Crippen LogP contribution in [0.2, 0.25) is 0 Å². The third-order valence-electron chi connectivity index (χ3n) is 3.48. The summed E-state index contributed by atoms with van der Waals surface area (Å²) in [5, 5.41) is 8.98. The number of carboxylic acids is 1. The second kappa shape index (κ2) is 4.81. The molecule has 20 heavy (non-hydrogen) atoms. The van der Waals surface area contributed by atoms with Crippen LogP contribution in [-0.2, 0) is 9.59 Å². The molecule has 0 fully saturated rings. The lowest BCUT2D eigenvalue weighted by Gasteiger charge is -2.15. The summed E-state index contributed by atoms with van der Waals surface area (Å²) in [5.41, 5.74) is 2.44. The van der Waals surface area contributed by atoms with Crippen molar-refractivity contribution in [3.05, 3.63) is 65.7 Å². The molecule has 2 aromatic rings. The summed E-state index contributed by atoms with van der Waals surface area (Å²) in [6, 6.07) is 16.8. The molecule has 2 aromatic carbocycles. The molecule has 0 saturated carbocycles. The number of carbonyl (C=O) groups excluding carboxylic acids is 1. The van der Waals surface area contributed by atoms with Gasteiger partial charge < -0.3 is 10.0 Å². The minimum Gasteiger partial charge on any atom is -0.480 e. The van der Waals surface area contributed by atoms with Crippen LogP contribution in [0.1, 0.15) is 17.0 Å². The smallest absolute Gasteiger partial charge is 0.323 e. The first kappa shape index (κ1) is 12.4. The molecule has 3 rings (SSSR count). The summed E-state index contributed by atoms with van der Waals surface area (Å²) < 4.78 is 0. The predicted octanol–water partition coefficient (Wildman–Crippen LogP) is 2.25. The number of rotatable bonds is 3. The highest BCUT2D eigenvalue weighted by Gasteiger charge is 2.38. The molecule has 4 nitrogen and oxygen atoms in total. The van der Waals surface area contributed by atoms with Crippen LogP contribution in [0.4, 0.5) is 5.69 Å². The highest BCUT2D eigenvalue weighted by atomic mass is 16.4. The number of anilines is 1. The molecular formula is C16H13NO3. The van der Waals surface area contributed by atoms with Gasteiger partial charge in [0.1, 0.15) is 6.54 Å². The van der Waals surface area contributed by atoms with E-state index in [0.29, 0.717) is 5.69 Å². The van der Waals surface area contributed by atoms with Gasteiger partial charge in [-0.3, -0.25) is 9.59 Å². The Morgan fingerprint density at radius 1 is 1.05 bits per heavy atom. The first-order valence-electron chi connectivity index (χ1n) is 6.35. The van der Waals surface area contributed by atoms with Gasteiger partial charge in [0.25, 0.3) is 0 Å². The molecule has 0 aromatic heterocycles. The first-order chi connectivity index (χ1) is 9.68. The fraction of sp³-hybridized carbons (Fsp3) is 0.125. The van der Waals surface area contributed by atoms with Gasteiger partial charge in [0.15, 0.2) is 0 Å². The van der Waals surface area contributed by atoms with Crippen LogP contribution < -0.4 is 4.90 Å². The van der Waals surface area contributed by atoms with Gasteiger partial charge in [0.2, 0.25) is 5.91 Å². The lowest BCUT2D eigenvalue weighted by atomic mass is 9.93. The number of hydrogen-bond donors (Lipinski definition) is 1. The number of para-hydroxylation sites is 1. The summed E-state index contributed by atoms with van der Waals surface area (Å²) in [6.07, 6.45) is 0. The van der Waals surface area contributed by atoms with Crippen LogP contribution in [0.3, 0.4) is 0 Å². The molecule has 0 spiro atoms. The maximum Gasteiger partial charge on any atom is 0.323 e. The molecule has 1 aliphatic heterocycles. The number of nitrogens with zero attached hydrogens (tertiary/aromatic N) is 1. The normalized spacial score (nSPS) is 17.1. The average Bonchev–Trinajstić information content (AvgIpc) is 2.72. The summed E-state index contributed by atoms with van der Waals surface area (Å²) in [5.74, 6) is -1.60. The van der Waals surface area contributed by atoms with E-state index in [0.717, 1.165) is 11.1 Å². The Kier molecular flexibility index (Phi) is 2.99. The molecule has 1 aliphatic rings. The third kappa shape index (κ3) is 1.95. The third-order valence-corrected chi connectivity index (χ3v) is 3.48. The van der Waals surface area contributed by atoms with E-state index >= 15 is 0 Å². The molecule has 1 amide bonds. The number of fused-ring (bicyclic) bond motifs is 1. The zero-order valence-corrected chi connectivity index (χ0v) is 10.7. The summed E-state index contributed by atoms with van der Waals surface area (Å²) in [4.78, 5) is 24.9. The van der Waals surface area contributed by atoms with Gasteiger partial charge in [-0.05, 0) is 17.2 Å². The van der Waals surface area contributed by atoms with Crippen molar-refractivity contribution in [2.24, 2.45) is 0 Å². The topological polar surface area (TPSA) is 57.6 Å². The van der Waals surface area contributed by atoms with Crippen molar-refractivity contribution in [3.63, 3.8) is 0 Å². The first-order valence-corrected chi connectivity index (χ1v) is 6.35. The van der Waals surface area contributed by atoms with E-state index in [9.17, 15) is 9.59 Å². The number of benzene rings is 2. The van der Waals surface area contributed by atoms with Gasteiger partial charge in [0.05, 0.1) is 5.92 Å². The SMILES string of the molecule is O=C(O)CN1C(=O)C(c2ccccc2)c2ccccc21. The van der Waals surface area contributed by atoms with Gasteiger partial charge in [0, 0.05) is 5.69 Å². The molecule has 1 heterocycles. The highest BCUT2D eigenvalue weighted by Crippen LogP contribution is 2.40. The van der Waals surface area contributed by atoms with Crippen molar-refractivity contribution in [3.8, 4) is 0 Å². The standard InChI is InChI=1S/C16H13NO3/c18-14(19)10-17-13-9-5-4-8-12(13)15(16(17)20)11-6-2-1-3-7-11/h1-9,15H,10H2,(H,18,19). The molecular weight excluding hydrogens is 254 g/mol. The van der Waals surface area contributed by atoms with E-state index in [4.69, 9.17) is 5.11 Å². The van der Waals surface area contributed by atoms with Crippen molar-refractivity contribution in [2.75, 3.05) is 11.4 Å². The Morgan fingerprint density at radius 3 is 2.40 bits per heavy atom. The number of carboxylic acid groups (broad SMARTS) is 1. The van der Waals surface area contributed by atoms with Crippen LogP contribution in [0.15, 0.2) is 54.6 Å². The zero-order chi connectivity index (χ0) is 14.1. The van der Waals surface area contributed by atoms with Gasteiger partial charge in [-0.1, -0.05) is 48.5 Å². The van der Waals surface area contributed by atoms with Crippen molar-refractivity contribution in [2.45, 2.75) is 5.92 Å². The van der Waals surface area contributed by atoms with E-state index in [2.05, 4.69) is 0 Å². The molecule has 0 saturated heterocycles. The highest BCUT2D eigenvalue weighted by molar-refractivity contribution is 6.09. The Morgan fingerprint density at radius 2 is 1.70 bits per heavy atom. The van der Waals surface area contributed by atoms with Crippen molar-refractivity contribution in [1.82, 2.24) is 0 Å². The molecule has 1 N–H and O–H groups in total. The zero-order valence-electron chi connectivity index (χ0n) is 10.7. The van der Waals surface area contributed by atoms with Crippen LogP contribution in [0.5, 0.6) is 0 Å². The molecule has 4 heteroatoms. The van der Waals surface area contributed by atoms with Crippen LogP contribution in [0, 0.1) is 0 Å². The summed E-state index contributed by atoms with van der Waals surface area (Å²) >= 11 is 0. The monoisotopic (exact) mass is 267 g/mol. The fourth-order valence-electron chi connectivity index (χ4n) is 2.65. The summed E-state index contributed by atoms with van der Waals surface area (Å²) in [6.45, 7) is -0.306. The van der Waals surface area contributed by atoms with E-state index in [1.807, 2.05) is 48.5 Å². The lowest BCUT2D eigenvalue weighted by Crippen LogP contribution is -2.34. The Bertz CT molecular complexity index is 666. The van der Waals surface area contributed by atoms with Gasteiger partial charge in [-0.25, -0.2) is 0 Å². The van der Waals surface area contributed by atoms with E-state index < -0.39 is 11.9 Å². The van der Waals surface area contributed by atoms with Gasteiger partial charge >= 0.3 is 5.97 Å². The second-order valence-electron chi connectivity index (χ2n) is 4.72. The summed E-state index contributed by atoms with van der Waals surface area (Å²) in [7, 11) is 0. The fourth-order valence-corrected chi connectivity index (χ4v) is 2.65. The number of hydrogen-bond acceptors (Lipinski definition) is 2. The van der Waals surface area contributed by atoms with Crippen LogP contribution in [-0.4, -0.2) is 23.5 Å². The minimum atomic E-state index is -1.01. The number of amides is 1. The average molecular weight is 267 g/mol. The molecule has 0 radical (unpaired) electrons. The predicted molar refractivity (Wildman–Crippen MR) is 74.7 cm³/mol. The van der Waals surface area contributed by atoms with Crippen molar-refractivity contribution < 1.29 is 14.7 Å². The van der Waals surface area contributed by atoms with E-state index in [1.165, 1.54) is 4.90 Å². The van der Waals surface area contributed by atoms with Crippen molar-refractivity contribution >= 4 is 17.6 Å². The van der Waals surface area contributed by atoms with Crippen LogP contribution in [0.25, 0.3) is 0 Å².